The fraction of sp³-hybridized carbons (Fsp3) is 0.545. The summed E-state index contributed by atoms with van der Waals surface area (Å²) in [7, 11) is 3.91. The van der Waals surface area contributed by atoms with E-state index in [9.17, 15) is 4.79 Å². The van der Waals surface area contributed by atoms with Crippen molar-refractivity contribution in [3.8, 4) is 0 Å². The van der Waals surface area contributed by atoms with Gasteiger partial charge in [-0.15, -0.1) is 0 Å². The Labute approximate surface area is 178 Å². The topological polar surface area (TPSA) is 61.6 Å². The normalized spacial score (nSPS) is 16.3. The van der Waals surface area contributed by atoms with Crippen LogP contribution in [0.1, 0.15) is 49.2 Å². The molecule has 1 N–H and O–H groups in total. The molecular formula is C22H34N4O2S. The van der Waals surface area contributed by atoms with Crippen LogP contribution in [0.3, 0.4) is 0 Å². The predicted molar refractivity (Wildman–Crippen MR) is 124 cm³/mol. The van der Waals surface area contributed by atoms with Crippen molar-refractivity contribution in [3.63, 3.8) is 0 Å². The molecule has 29 heavy (non-hydrogen) atoms. The van der Waals surface area contributed by atoms with Crippen LogP contribution in [0.5, 0.6) is 0 Å². The van der Waals surface area contributed by atoms with E-state index in [1.165, 1.54) is 19.3 Å². The number of carbonyl (C=O) groups excluding carboxylic acids is 1. The van der Waals surface area contributed by atoms with E-state index in [1.807, 2.05) is 40.1 Å². The Kier molecular flexibility index (Phi) is 9.04. The maximum atomic E-state index is 12.5. The molecule has 0 aliphatic carbocycles. The Morgan fingerprint density at radius 2 is 1.69 bits per heavy atom. The number of pyridine rings is 1. The van der Waals surface area contributed by atoms with E-state index < -0.39 is 0 Å². The zero-order chi connectivity index (χ0) is 21.4. The third-order valence-corrected chi connectivity index (χ3v) is 5.40. The monoisotopic (exact) mass is 418 g/mol. The first-order chi connectivity index (χ1) is 14.0. The van der Waals surface area contributed by atoms with Gasteiger partial charge in [-0.3, -0.25) is 4.79 Å². The summed E-state index contributed by atoms with van der Waals surface area (Å²) >= 11 is 0.750. The van der Waals surface area contributed by atoms with Gasteiger partial charge in [0.2, 0.25) is 0 Å². The van der Waals surface area contributed by atoms with Crippen molar-refractivity contribution in [2.45, 2.75) is 39.5 Å². The summed E-state index contributed by atoms with van der Waals surface area (Å²) in [4.78, 5) is 21.6. The minimum atomic E-state index is 0.124. The molecule has 6 nitrogen and oxygen atoms in total. The third-order valence-electron chi connectivity index (χ3n) is 5.40. The molecule has 7 heteroatoms. The largest absolute Gasteiger partial charge is 0.357 e. The molecule has 160 valence electrons. The Morgan fingerprint density at radius 1 is 1.07 bits per heavy atom. The quantitative estimate of drug-likeness (QED) is 0.542. The van der Waals surface area contributed by atoms with Crippen LogP contribution in [-0.4, -0.2) is 57.8 Å². The molecule has 1 amide bonds. The van der Waals surface area contributed by atoms with Gasteiger partial charge in [0.05, 0.1) is 5.56 Å². The van der Waals surface area contributed by atoms with Crippen LogP contribution in [0.15, 0.2) is 24.3 Å². The molecule has 2 aromatic rings. The molecule has 4 heterocycles. The highest BCUT2D eigenvalue weighted by molar-refractivity contribution is 7.93. The fourth-order valence-electron chi connectivity index (χ4n) is 3.74. The third kappa shape index (κ3) is 5.34. The lowest BCUT2D eigenvalue weighted by molar-refractivity contribution is 0.0781. The molecule has 1 fully saturated rings. The van der Waals surface area contributed by atoms with E-state index in [4.69, 9.17) is 9.54 Å². The first-order valence-electron chi connectivity index (χ1n) is 10.2. The highest BCUT2D eigenvalue weighted by Gasteiger charge is 2.28. The van der Waals surface area contributed by atoms with Crippen LogP contribution in [0.25, 0.3) is 11.0 Å². The Hall–Kier alpha value is -1.99. The summed E-state index contributed by atoms with van der Waals surface area (Å²) in [5, 5.41) is 0.995. The molecule has 0 spiro atoms. The minimum Gasteiger partial charge on any atom is -0.357 e. The summed E-state index contributed by atoms with van der Waals surface area (Å²) in [6.45, 7) is 6.96. The second kappa shape index (κ2) is 11.3. The van der Waals surface area contributed by atoms with Crippen LogP contribution in [-0.2, 0) is 13.5 Å². The average molecular weight is 419 g/mol. The van der Waals surface area contributed by atoms with E-state index in [0.29, 0.717) is 0 Å². The number of likely N-dealkylation sites (N-methyl/N-ethyl adjacent to an activating group) is 1. The van der Waals surface area contributed by atoms with Crippen LogP contribution in [0, 0.1) is 0 Å². The number of hydrogen-bond donors (Lipinski definition) is 1. The molecule has 0 radical (unpaired) electrons. The number of piperidine rings is 1. The number of aryl methyl sites for hydroxylation is 1. The van der Waals surface area contributed by atoms with Gasteiger partial charge in [0.25, 0.3) is 5.91 Å². The fourth-order valence-corrected chi connectivity index (χ4v) is 3.74. The number of allylic oxidation sites excluding steroid dienone is 2. The van der Waals surface area contributed by atoms with E-state index in [0.717, 1.165) is 66.2 Å². The van der Waals surface area contributed by atoms with Gasteiger partial charge < -0.3 is 18.9 Å². The smallest absolute Gasteiger partial charge is 0.256 e. The number of fused-ring (bicyclic) bond motifs is 3. The van der Waals surface area contributed by atoms with Gasteiger partial charge in [0.1, 0.15) is 11.5 Å². The number of anilines is 1. The lowest BCUT2D eigenvalue weighted by Crippen LogP contribution is -2.34. The van der Waals surface area contributed by atoms with Crippen LogP contribution in [0.2, 0.25) is 0 Å². The maximum absolute atomic E-state index is 12.5. The van der Waals surface area contributed by atoms with Crippen LogP contribution < -0.4 is 4.90 Å². The molecule has 0 aromatic carbocycles. The summed E-state index contributed by atoms with van der Waals surface area (Å²) in [5.74, 6) is 1.17. The Balaban J connectivity index is 0.000000377. The number of nitrogens with zero attached hydrogens (tertiary/aromatic N) is 4. The number of hydrogen-bond acceptors (Lipinski definition) is 5. The van der Waals surface area contributed by atoms with Gasteiger partial charge in [-0.25, -0.2) is 4.98 Å². The van der Waals surface area contributed by atoms with Crippen molar-refractivity contribution in [3.05, 3.63) is 35.5 Å². The standard InChI is InChI=1S/C17H22N4O.C4H8.CH4OS/c1-19-11-8-13-15(17(19)22)12-6-7-14(18-16(12)20(13)2)21-9-4-3-5-10-21;1-3-4-2;1-3-2/h6-7H,3-5,8-11H2,1-2H3;3-4H,1-2H3;2H,1H3/b;4-3-;. The van der Waals surface area contributed by atoms with E-state index >= 15 is 0 Å². The molecule has 0 bridgehead atoms. The van der Waals surface area contributed by atoms with Crippen molar-refractivity contribution < 1.29 is 9.35 Å². The lowest BCUT2D eigenvalue weighted by atomic mass is 10.0. The molecule has 2 aliphatic rings. The second-order valence-electron chi connectivity index (χ2n) is 7.29. The van der Waals surface area contributed by atoms with Crippen molar-refractivity contribution in [1.29, 1.82) is 0 Å². The zero-order valence-electron chi connectivity index (χ0n) is 18.3. The van der Waals surface area contributed by atoms with E-state index in [1.54, 1.807) is 11.2 Å². The number of rotatable bonds is 1. The van der Waals surface area contributed by atoms with Crippen molar-refractivity contribution in [2.24, 2.45) is 7.05 Å². The number of amides is 1. The van der Waals surface area contributed by atoms with E-state index in [-0.39, 0.29) is 5.91 Å². The van der Waals surface area contributed by atoms with Gasteiger partial charge in [-0.05, 0) is 57.3 Å². The van der Waals surface area contributed by atoms with E-state index in [2.05, 4.69) is 21.6 Å². The maximum Gasteiger partial charge on any atom is 0.256 e. The van der Waals surface area contributed by atoms with Gasteiger partial charge in [0, 0.05) is 57.5 Å². The number of aromatic nitrogens is 2. The minimum absolute atomic E-state index is 0.124. The van der Waals surface area contributed by atoms with Gasteiger partial charge in [-0.1, -0.05) is 12.2 Å². The average Bonchev–Trinajstić information content (AvgIpc) is 3.04. The molecular weight excluding hydrogens is 384 g/mol. The molecule has 2 aliphatic heterocycles. The summed E-state index contributed by atoms with van der Waals surface area (Å²) in [6, 6.07) is 4.16. The van der Waals surface area contributed by atoms with Crippen molar-refractivity contribution >= 4 is 34.8 Å². The molecule has 1 saturated heterocycles. The lowest BCUT2D eigenvalue weighted by Gasteiger charge is -2.27. The molecule has 0 saturated carbocycles. The van der Waals surface area contributed by atoms with Crippen LogP contribution >= 0.6 is 12.0 Å². The number of carbonyl (C=O) groups is 1. The summed E-state index contributed by atoms with van der Waals surface area (Å²) in [6.07, 6.45) is 10.3. The highest BCUT2D eigenvalue weighted by Crippen LogP contribution is 2.30. The van der Waals surface area contributed by atoms with Gasteiger partial charge in [-0.2, -0.15) is 0 Å². The zero-order valence-corrected chi connectivity index (χ0v) is 19.1. The summed E-state index contributed by atoms with van der Waals surface area (Å²) < 4.78 is 9.60. The first-order valence-corrected chi connectivity index (χ1v) is 11.4. The van der Waals surface area contributed by atoms with Crippen molar-refractivity contribution in [2.75, 3.05) is 37.8 Å². The Morgan fingerprint density at radius 3 is 2.28 bits per heavy atom. The van der Waals surface area contributed by atoms with Crippen molar-refractivity contribution in [1.82, 2.24) is 14.5 Å². The molecule has 0 atom stereocenters. The predicted octanol–water partition coefficient (Wildman–Crippen LogP) is 4.60. The van der Waals surface area contributed by atoms with Gasteiger partial charge >= 0.3 is 0 Å². The first kappa shape index (κ1) is 23.3. The molecule has 0 unspecified atom stereocenters. The summed E-state index contributed by atoms with van der Waals surface area (Å²) in [5.41, 5.74) is 2.92. The SMILES string of the molecule is C/C=C\C.CN1CCc2c(c3ccc(N4CCCCC4)nc3n2C)C1=O.CSO. The Bertz CT molecular complexity index is 837. The second-order valence-corrected chi connectivity index (χ2v) is 7.66. The molecule has 2 aromatic heterocycles. The van der Waals surface area contributed by atoms with Gasteiger partial charge in [0.15, 0.2) is 0 Å². The molecule has 4 rings (SSSR count). The van der Waals surface area contributed by atoms with Crippen LogP contribution in [0.4, 0.5) is 5.82 Å². The highest BCUT2D eigenvalue weighted by atomic mass is 32.2.